The zero-order valence-corrected chi connectivity index (χ0v) is 52.2. The van der Waals surface area contributed by atoms with Gasteiger partial charge in [0.25, 0.3) is 0 Å². The molecule has 0 atom stereocenters. The zero-order chi connectivity index (χ0) is 58.4. The van der Waals surface area contributed by atoms with E-state index in [9.17, 15) is 19.2 Å². The fourth-order valence-corrected chi connectivity index (χ4v) is 15.0. The quantitative estimate of drug-likeness (QED) is 0.0345. The maximum atomic E-state index is 12.6. The molecular weight excluding hydrogens is 985 g/mol. The SMILES string of the molecule is C=CCON1C(C)(C)CC(N(C=O)CCCCCCN(C=O)C2CC(C)(C)N(OC/C=C/CON3C(C)(C)CC(N(C=O)CCCCCCN(C=O)C4CC(C)(C)N(OCC=C)C(C)(C)C4)CC3(C)C)C(C)(C)C2)CC1(C)C. The molecule has 0 spiro atoms. The van der Waals surface area contributed by atoms with Gasteiger partial charge in [0, 0.05) is 94.7 Å². The number of nitrogens with zero attached hydrogens (tertiary/aromatic N) is 8. The molecular formula is C62H112N8O8. The highest BCUT2D eigenvalue weighted by Crippen LogP contribution is 2.44. The average molecular weight is 1100 g/mol. The van der Waals surface area contributed by atoms with Crippen molar-refractivity contribution in [2.45, 2.75) is 282 Å². The number of hydrogen-bond donors (Lipinski definition) is 0. The Balaban J connectivity index is 1.16. The first kappa shape index (κ1) is 67.3. The van der Waals surface area contributed by atoms with Crippen LogP contribution in [-0.2, 0) is 38.5 Å². The minimum atomic E-state index is -0.310. The van der Waals surface area contributed by atoms with Gasteiger partial charge in [-0.25, -0.2) is 0 Å². The number of piperidine rings is 4. The monoisotopic (exact) mass is 1100 g/mol. The van der Waals surface area contributed by atoms with E-state index in [0.717, 1.165) is 141 Å². The number of hydrogen-bond acceptors (Lipinski definition) is 12. The van der Waals surface area contributed by atoms with Crippen molar-refractivity contribution in [2.24, 2.45) is 0 Å². The molecule has 0 bridgehead atoms. The molecule has 16 nitrogen and oxygen atoms in total. The van der Waals surface area contributed by atoms with Gasteiger partial charge in [0.15, 0.2) is 0 Å². The van der Waals surface area contributed by atoms with Crippen molar-refractivity contribution in [3.05, 3.63) is 37.5 Å². The molecule has 4 heterocycles. The van der Waals surface area contributed by atoms with Gasteiger partial charge in [0.1, 0.15) is 0 Å². The smallest absolute Gasteiger partial charge is 0.209 e. The second kappa shape index (κ2) is 28.7. The van der Waals surface area contributed by atoms with Crippen LogP contribution in [0.15, 0.2) is 37.5 Å². The van der Waals surface area contributed by atoms with Gasteiger partial charge in [-0.15, -0.1) is 13.2 Å². The molecule has 4 aliphatic rings. The van der Waals surface area contributed by atoms with Crippen LogP contribution in [-0.4, -0.2) is 187 Å². The van der Waals surface area contributed by atoms with Crippen molar-refractivity contribution in [1.29, 1.82) is 0 Å². The van der Waals surface area contributed by atoms with E-state index in [1.165, 1.54) is 0 Å². The van der Waals surface area contributed by atoms with E-state index in [2.05, 4.69) is 144 Å². The summed E-state index contributed by atoms with van der Waals surface area (Å²) in [5.41, 5.74) is -2.13. The molecule has 0 saturated carbocycles. The first-order valence-corrected chi connectivity index (χ1v) is 29.8. The van der Waals surface area contributed by atoms with Gasteiger partial charge in [0.2, 0.25) is 25.6 Å². The molecule has 0 aromatic rings. The zero-order valence-electron chi connectivity index (χ0n) is 52.2. The summed E-state index contributed by atoms with van der Waals surface area (Å²) in [5.74, 6) is 0. The summed E-state index contributed by atoms with van der Waals surface area (Å²) in [7, 11) is 0. The van der Waals surface area contributed by atoms with Crippen molar-refractivity contribution >= 4 is 25.6 Å². The average Bonchev–Trinajstić information content (AvgIpc) is 3.32. The van der Waals surface area contributed by atoms with Crippen LogP contribution in [0.5, 0.6) is 0 Å². The van der Waals surface area contributed by atoms with E-state index < -0.39 is 0 Å². The lowest BCUT2D eigenvalue weighted by atomic mass is 9.78. The fraction of sp³-hybridized carbons (Fsp3) is 0.839. The maximum absolute atomic E-state index is 12.6. The molecule has 4 saturated heterocycles. The van der Waals surface area contributed by atoms with Crippen molar-refractivity contribution in [3.63, 3.8) is 0 Å². The topological polar surface area (TPSA) is 131 Å². The molecule has 78 heavy (non-hydrogen) atoms. The van der Waals surface area contributed by atoms with E-state index in [0.29, 0.717) is 39.5 Å². The Morgan fingerprint density at radius 3 is 0.679 bits per heavy atom. The van der Waals surface area contributed by atoms with Gasteiger partial charge in [-0.2, -0.15) is 20.3 Å². The molecule has 0 aliphatic carbocycles. The van der Waals surface area contributed by atoms with Crippen molar-refractivity contribution in [2.75, 3.05) is 52.6 Å². The number of unbranched alkanes of at least 4 members (excludes halogenated alkanes) is 6. The van der Waals surface area contributed by atoms with Gasteiger partial charge in [0.05, 0.1) is 26.4 Å². The van der Waals surface area contributed by atoms with Crippen LogP contribution in [0.25, 0.3) is 0 Å². The van der Waals surface area contributed by atoms with Gasteiger partial charge < -0.3 is 19.6 Å². The van der Waals surface area contributed by atoms with E-state index in [-0.39, 0.29) is 68.5 Å². The van der Waals surface area contributed by atoms with Crippen LogP contribution in [0.1, 0.15) is 214 Å². The minimum absolute atomic E-state index is 0.103. The van der Waals surface area contributed by atoms with Gasteiger partial charge in [-0.3, -0.25) is 38.5 Å². The second-order valence-electron chi connectivity index (χ2n) is 28.4. The standard InChI is InChI=1S/C62H112N8O8/c1-19-35-75-67-55(3,4)39-51(40-56(67,5)6)63(47-71)31-25-21-23-27-33-65(49-73)53-43-59(11,12)69(60(13,14)44-53)77-37-29-30-38-78-70-61(15,16)45-54(46-62(70,17)18)66(50-74)34-28-24-22-26-32-64(48-72)52-41-57(7,8)68(76-36-20-2)58(9,10)42-52/h19-20,29-30,47-54H,1-2,21-28,31-46H2,3-18H3/b30-29+. The van der Waals surface area contributed by atoms with Crippen LogP contribution in [0.2, 0.25) is 0 Å². The molecule has 4 aliphatic heterocycles. The number of carbonyl (C=O) groups is 4. The van der Waals surface area contributed by atoms with Crippen LogP contribution < -0.4 is 0 Å². The summed E-state index contributed by atoms with van der Waals surface area (Å²) in [6.07, 6.45) is 26.0. The molecule has 16 heteroatoms. The Bertz CT molecular complexity index is 1730. The summed E-state index contributed by atoms with van der Waals surface area (Å²) < 4.78 is 0. The Labute approximate surface area is 474 Å². The highest BCUT2D eigenvalue weighted by Gasteiger charge is 2.51. The van der Waals surface area contributed by atoms with E-state index in [1.807, 2.05) is 31.8 Å². The number of hydroxylamine groups is 8. The maximum Gasteiger partial charge on any atom is 0.209 e. The third-order valence-corrected chi connectivity index (χ3v) is 17.3. The lowest BCUT2D eigenvalue weighted by Crippen LogP contribution is -2.64. The Morgan fingerprint density at radius 1 is 0.333 bits per heavy atom. The number of rotatable bonds is 34. The molecule has 0 unspecified atom stereocenters. The predicted molar refractivity (Wildman–Crippen MR) is 313 cm³/mol. The summed E-state index contributed by atoms with van der Waals surface area (Å²) in [6, 6.07) is 0.505. The van der Waals surface area contributed by atoms with Crippen LogP contribution in [0, 0.1) is 0 Å². The van der Waals surface area contributed by atoms with Gasteiger partial charge in [-0.1, -0.05) is 50.0 Å². The summed E-state index contributed by atoms with van der Waals surface area (Å²) >= 11 is 0. The van der Waals surface area contributed by atoms with E-state index in [1.54, 1.807) is 12.2 Å². The predicted octanol–water partition coefficient (Wildman–Crippen LogP) is 10.7. The molecule has 4 rings (SSSR count). The van der Waals surface area contributed by atoms with Crippen molar-refractivity contribution in [1.82, 2.24) is 39.9 Å². The van der Waals surface area contributed by atoms with E-state index in [4.69, 9.17) is 19.4 Å². The third-order valence-electron chi connectivity index (χ3n) is 17.3. The van der Waals surface area contributed by atoms with Crippen LogP contribution in [0.4, 0.5) is 0 Å². The summed E-state index contributed by atoms with van der Waals surface area (Å²) in [6.45, 7) is 47.4. The highest BCUT2D eigenvalue weighted by molar-refractivity contribution is 5.49. The number of carbonyl (C=O) groups excluding carboxylic acids is 4. The Hall–Kier alpha value is -3.22. The molecule has 0 aromatic carbocycles. The molecule has 448 valence electrons. The van der Waals surface area contributed by atoms with Crippen LogP contribution >= 0.6 is 0 Å². The fourth-order valence-electron chi connectivity index (χ4n) is 15.0. The van der Waals surface area contributed by atoms with Gasteiger partial charge >= 0.3 is 0 Å². The molecule has 4 fully saturated rings. The number of amides is 4. The first-order chi connectivity index (χ1) is 36.4. The molecule has 0 radical (unpaired) electrons. The Morgan fingerprint density at radius 2 is 0.513 bits per heavy atom. The molecule has 4 amide bonds. The summed E-state index contributed by atoms with van der Waals surface area (Å²) in [4.78, 5) is 83.1. The van der Waals surface area contributed by atoms with Crippen molar-refractivity contribution < 1.29 is 38.5 Å². The lowest BCUT2D eigenvalue weighted by Gasteiger charge is -2.55. The normalized spacial score (nSPS) is 23.6. The summed E-state index contributed by atoms with van der Waals surface area (Å²) in [5, 5.41) is 8.47. The van der Waals surface area contributed by atoms with E-state index >= 15 is 0 Å². The van der Waals surface area contributed by atoms with Gasteiger partial charge in [-0.05, 0) is 188 Å². The largest absolute Gasteiger partial charge is 0.342 e. The Kier molecular flexibility index (Phi) is 24.7. The minimum Gasteiger partial charge on any atom is -0.342 e. The second-order valence-corrected chi connectivity index (χ2v) is 28.4. The first-order valence-electron chi connectivity index (χ1n) is 29.8. The molecule has 0 N–H and O–H groups in total. The third kappa shape index (κ3) is 18.1. The molecule has 0 aromatic heterocycles. The van der Waals surface area contributed by atoms with Crippen molar-refractivity contribution in [3.8, 4) is 0 Å². The van der Waals surface area contributed by atoms with Crippen LogP contribution in [0.3, 0.4) is 0 Å². The lowest BCUT2D eigenvalue weighted by molar-refractivity contribution is -0.283. The highest BCUT2D eigenvalue weighted by atomic mass is 16.7.